The lowest BCUT2D eigenvalue weighted by Gasteiger charge is -2.13. The van der Waals surface area contributed by atoms with Crippen molar-refractivity contribution in [1.82, 2.24) is 0 Å². The van der Waals surface area contributed by atoms with Gasteiger partial charge in [0.25, 0.3) is 0 Å². The highest BCUT2D eigenvalue weighted by molar-refractivity contribution is 9.10. The fraction of sp³-hybridized carbons (Fsp3) is 0.188. The zero-order valence-electron chi connectivity index (χ0n) is 11.5. The van der Waals surface area contributed by atoms with Gasteiger partial charge >= 0.3 is 0 Å². The second kappa shape index (κ2) is 7.61. The first-order valence-corrected chi connectivity index (χ1v) is 8.32. The number of carbonyl (C=O) groups is 1. The molecule has 0 saturated carbocycles. The molecule has 5 heteroatoms. The highest BCUT2D eigenvalue weighted by Crippen LogP contribution is 2.24. The van der Waals surface area contributed by atoms with Crippen LogP contribution in [0, 0.1) is 5.82 Å². The number of rotatable bonds is 5. The summed E-state index contributed by atoms with van der Waals surface area (Å²) in [6, 6.07) is 14.1. The van der Waals surface area contributed by atoms with E-state index in [0.29, 0.717) is 5.75 Å². The largest absolute Gasteiger partial charge is 0.323 e. The molecule has 0 aliphatic heterocycles. The third-order valence-corrected chi connectivity index (χ3v) is 4.91. The normalized spacial score (nSPS) is 12.0. The van der Waals surface area contributed by atoms with Crippen molar-refractivity contribution in [3.63, 3.8) is 0 Å². The number of para-hydroxylation sites is 1. The Morgan fingerprint density at radius 1 is 1.24 bits per heavy atom. The lowest BCUT2D eigenvalue weighted by molar-refractivity contribution is -0.115. The number of amides is 1. The first-order chi connectivity index (χ1) is 10.1. The van der Waals surface area contributed by atoms with Gasteiger partial charge < -0.3 is 5.32 Å². The molecule has 2 rings (SSSR count). The fourth-order valence-corrected chi connectivity index (χ4v) is 3.20. The summed E-state index contributed by atoms with van der Waals surface area (Å²) in [5.74, 6) is 0.0961. The standard InChI is InChI=1S/C16H15BrFNOS/c1-11(21-10-12-6-2-3-7-13(12)17)16(20)19-15-9-5-4-8-14(15)18/h2-9,11H,10H2,1H3,(H,19,20)/t11-/m1/s1. The van der Waals surface area contributed by atoms with Gasteiger partial charge in [-0.2, -0.15) is 0 Å². The molecular formula is C16H15BrFNOS. The maximum Gasteiger partial charge on any atom is 0.237 e. The van der Waals surface area contributed by atoms with E-state index < -0.39 is 5.82 Å². The Kier molecular flexibility index (Phi) is 5.82. The van der Waals surface area contributed by atoms with Crippen LogP contribution in [0.25, 0.3) is 0 Å². The van der Waals surface area contributed by atoms with E-state index in [1.54, 1.807) is 18.2 Å². The Hall–Kier alpha value is -1.33. The van der Waals surface area contributed by atoms with Gasteiger partial charge in [0.2, 0.25) is 5.91 Å². The zero-order valence-corrected chi connectivity index (χ0v) is 13.9. The average molecular weight is 368 g/mol. The smallest absolute Gasteiger partial charge is 0.237 e. The summed E-state index contributed by atoms with van der Waals surface area (Å²) in [6.07, 6.45) is 0. The molecule has 0 fully saturated rings. The van der Waals surface area contributed by atoms with E-state index in [-0.39, 0.29) is 16.8 Å². The Labute approximate surface area is 136 Å². The summed E-state index contributed by atoms with van der Waals surface area (Å²) in [7, 11) is 0. The van der Waals surface area contributed by atoms with Gasteiger partial charge in [0.15, 0.2) is 0 Å². The molecule has 0 aromatic heterocycles. The van der Waals surface area contributed by atoms with Crippen molar-refractivity contribution in [2.45, 2.75) is 17.9 Å². The quantitative estimate of drug-likeness (QED) is 0.818. The molecule has 1 N–H and O–H groups in total. The second-order valence-electron chi connectivity index (χ2n) is 4.51. The fourth-order valence-electron chi connectivity index (χ4n) is 1.70. The summed E-state index contributed by atoms with van der Waals surface area (Å²) < 4.78 is 14.5. The predicted octanol–water partition coefficient (Wildman–Crippen LogP) is 4.85. The monoisotopic (exact) mass is 367 g/mol. The van der Waals surface area contributed by atoms with Gasteiger partial charge in [-0.1, -0.05) is 46.3 Å². The zero-order chi connectivity index (χ0) is 15.2. The Morgan fingerprint density at radius 3 is 2.62 bits per heavy atom. The van der Waals surface area contributed by atoms with Crippen molar-refractivity contribution in [3.8, 4) is 0 Å². The van der Waals surface area contributed by atoms with Crippen LogP contribution in [0.15, 0.2) is 53.0 Å². The topological polar surface area (TPSA) is 29.1 Å². The van der Waals surface area contributed by atoms with E-state index in [4.69, 9.17) is 0 Å². The van der Waals surface area contributed by atoms with Gasteiger partial charge in [0, 0.05) is 10.2 Å². The third-order valence-electron chi connectivity index (χ3n) is 2.95. The van der Waals surface area contributed by atoms with Crippen molar-refractivity contribution in [3.05, 3.63) is 64.4 Å². The predicted molar refractivity (Wildman–Crippen MR) is 89.9 cm³/mol. The molecule has 0 spiro atoms. The first kappa shape index (κ1) is 16.0. The van der Waals surface area contributed by atoms with E-state index in [2.05, 4.69) is 21.2 Å². The summed E-state index contributed by atoms with van der Waals surface area (Å²) in [4.78, 5) is 12.1. The van der Waals surface area contributed by atoms with Gasteiger partial charge in [-0.15, -0.1) is 11.8 Å². The van der Waals surface area contributed by atoms with Crippen molar-refractivity contribution in [2.24, 2.45) is 0 Å². The molecule has 0 radical (unpaired) electrons. The number of halogens is 2. The van der Waals surface area contributed by atoms with E-state index in [1.165, 1.54) is 17.8 Å². The summed E-state index contributed by atoms with van der Waals surface area (Å²) in [6.45, 7) is 1.82. The van der Waals surface area contributed by atoms with Crippen LogP contribution in [0.5, 0.6) is 0 Å². The molecule has 1 atom stereocenters. The lowest BCUT2D eigenvalue weighted by Crippen LogP contribution is -2.23. The summed E-state index contributed by atoms with van der Waals surface area (Å²) in [5.41, 5.74) is 1.35. The number of hydrogen-bond donors (Lipinski definition) is 1. The molecule has 0 aliphatic carbocycles. The summed E-state index contributed by atoms with van der Waals surface area (Å²) >= 11 is 5.00. The molecule has 0 bridgehead atoms. The molecule has 2 aromatic rings. The van der Waals surface area contributed by atoms with Crippen LogP contribution in [0.4, 0.5) is 10.1 Å². The molecule has 110 valence electrons. The number of carbonyl (C=O) groups excluding carboxylic acids is 1. The minimum Gasteiger partial charge on any atom is -0.323 e. The molecular weight excluding hydrogens is 353 g/mol. The third kappa shape index (κ3) is 4.58. The van der Waals surface area contributed by atoms with Crippen LogP contribution >= 0.6 is 27.7 Å². The van der Waals surface area contributed by atoms with Gasteiger partial charge in [-0.25, -0.2) is 4.39 Å². The van der Waals surface area contributed by atoms with Crippen LogP contribution in [0.2, 0.25) is 0 Å². The van der Waals surface area contributed by atoms with Crippen molar-refractivity contribution in [1.29, 1.82) is 0 Å². The number of nitrogens with one attached hydrogen (secondary N) is 1. The van der Waals surface area contributed by atoms with Gasteiger partial charge in [0.1, 0.15) is 5.82 Å². The number of hydrogen-bond acceptors (Lipinski definition) is 2. The lowest BCUT2D eigenvalue weighted by atomic mass is 10.2. The highest BCUT2D eigenvalue weighted by Gasteiger charge is 2.15. The van der Waals surface area contributed by atoms with Gasteiger partial charge in [-0.05, 0) is 30.7 Å². The van der Waals surface area contributed by atoms with Crippen molar-refractivity contribution in [2.75, 3.05) is 5.32 Å². The Bertz CT molecular complexity index is 635. The molecule has 2 aromatic carbocycles. The average Bonchev–Trinajstić information content (AvgIpc) is 2.48. The molecule has 0 aliphatic rings. The minimum atomic E-state index is -0.422. The molecule has 0 unspecified atom stereocenters. The first-order valence-electron chi connectivity index (χ1n) is 6.48. The highest BCUT2D eigenvalue weighted by atomic mass is 79.9. The van der Waals surface area contributed by atoms with Crippen molar-refractivity contribution < 1.29 is 9.18 Å². The SMILES string of the molecule is C[C@@H](SCc1ccccc1Br)C(=O)Nc1ccccc1F. The maximum atomic E-state index is 13.5. The molecule has 2 nitrogen and oxygen atoms in total. The van der Waals surface area contributed by atoms with E-state index in [9.17, 15) is 9.18 Å². The van der Waals surface area contributed by atoms with Crippen LogP contribution in [-0.2, 0) is 10.5 Å². The number of thioether (sulfide) groups is 1. The Morgan fingerprint density at radius 2 is 1.90 bits per heavy atom. The van der Waals surface area contributed by atoms with E-state index >= 15 is 0 Å². The van der Waals surface area contributed by atoms with Crippen LogP contribution in [0.3, 0.4) is 0 Å². The molecule has 0 heterocycles. The van der Waals surface area contributed by atoms with Crippen molar-refractivity contribution >= 4 is 39.3 Å². The second-order valence-corrected chi connectivity index (χ2v) is 6.70. The molecule has 1 amide bonds. The Balaban J connectivity index is 1.91. The summed E-state index contributed by atoms with van der Waals surface area (Å²) in [5, 5.41) is 2.35. The molecule has 0 saturated heterocycles. The minimum absolute atomic E-state index is 0.197. The van der Waals surface area contributed by atoms with E-state index in [0.717, 1.165) is 10.0 Å². The molecule has 21 heavy (non-hydrogen) atoms. The van der Waals surface area contributed by atoms with E-state index in [1.807, 2.05) is 31.2 Å². The van der Waals surface area contributed by atoms with Gasteiger partial charge in [0.05, 0.1) is 10.9 Å². The van der Waals surface area contributed by atoms with Crippen LogP contribution in [0.1, 0.15) is 12.5 Å². The van der Waals surface area contributed by atoms with Crippen LogP contribution in [-0.4, -0.2) is 11.2 Å². The number of anilines is 1. The maximum absolute atomic E-state index is 13.5. The van der Waals surface area contributed by atoms with Gasteiger partial charge in [-0.3, -0.25) is 4.79 Å². The van der Waals surface area contributed by atoms with Crippen LogP contribution < -0.4 is 5.32 Å². The number of benzene rings is 2.